The average molecular weight is 249 g/mol. The molecule has 0 aromatic carbocycles. The van der Waals surface area contributed by atoms with Crippen LogP contribution in [-0.2, 0) is 0 Å². The maximum Gasteiger partial charge on any atom is 0.272 e. The van der Waals surface area contributed by atoms with Gasteiger partial charge in [0.1, 0.15) is 5.69 Å². The summed E-state index contributed by atoms with van der Waals surface area (Å²) in [6.07, 6.45) is 3.74. The van der Waals surface area contributed by atoms with E-state index >= 15 is 0 Å². The molecule has 1 fully saturated rings. The lowest BCUT2D eigenvalue weighted by atomic mass is 10.1. The average Bonchev–Trinajstić information content (AvgIpc) is 3.16. The minimum Gasteiger partial charge on any atom is -0.396 e. The second kappa shape index (κ2) is 4.94. The molecule has 5 nitrogen and oxygen atoms in total. The maximum atomic E-state index is 11.8. The molecule has 1 aliphatic carbocycles. The Morgan fingerprint density at radius 1 is 1.56 bits per heavy atom. The van der Waals surface area contributed by atoms with Crippen molar-refractivity contribution >= 4 is 11.6 Å². The summed E-state index contributed by atoms with van der Waals surface area (Å²) in [7, 11) is 3.41. The smallest absolute Gasteiger partial charge is 0.272 e. The van der Waals surface area contributed by atoms with E-state index in [1.165, 1.54) is 4.90 Å². The predicted octanol–water partition coefficient (Wildman–Crippen LogP) is 0.968. The van der Waals surface area contributed by atoms with Crippen molar-refractivity contribution in [3.8, 4) is 0 Å². The van der Waals surface area contributed by atoms with Gasteiger partial charge in [0.2, 0.25) is 0 Å². The second-order valence-corrected chi connectivity index (χ2v) is 5.14. The van der Waals surface area contributed by atoms with Crippen LogP contribution in [0.5, 0.6) is 0 Å². The van der Waals surface area contributed by atoms with E-state index in [9.17, 15) is 9.90 Å². The summed E-state index contributed by atoms with van der Waals surface area (Å²) in [4.78, 5) is 17.3. The number of carbonyl (C=O) groups excluding carboxylic acids is 1. The van der Waals surface area contributed by atoms with Gasteiger partial charge in [-0.3, -0.25) is 9.78 Å². The lowest BCUT2D eigenvalue weighted by Gasteiger charge is -2.15. The molecule has 1 heterocycles. The predicted molar refractivity (Wildman–Crippen MR) is 69.5 cm³/mol. The minimum atomic E-state index is -0.109. The number of nitrogens with one attached hydrogen (secondary N) is 1. The van der Waals surface area contributed by atoms with E-state index in [-0.39, 0.29) is 17.9 Å². The van der Waals surface area contributed by atoms with Gasteiger partial charge in [-0.05, 0) is 25.0 Å². The first-order valence-corrected chi connectivity index (χ1v) is 6.09. The van der Waals surface area contributed by atoms with Crippen LogP contribution in [0.25, 0.3) is 0 Å². The quantitative estimate of drug-likeness (QED) is 0.816. The normalized spacial score (nSPS) is 16.2. The maximum absolute atomic E-state index is 11.8. The van der Waals surface area contributed by atoms with Crippen molar-refractivity contribution in [3.63, 3.8) is 0 Å². The summed E-state index contributed by atoms with van der Waals surface area (Å²) in [5.74, 6) is -0.109. The van der Waals surface area contributed by atoms with Crippen LogP contribution in [0.3, 0.4) is 0 Å². The fourth-order valence-electron chi connectivity index (χ4n) is 1.74. The van der Waals surface area contributed by atoms with Crippen molar-refractivity contribution in [2.75, 3.05) is 32.6 Å². The number of anilines is 1. The number of aliphatic hydroxyl groups excluding tert-OH is 1. The number of aromatic nitrogens is 1. The zero-order valence-electron chi connectivity index (χ0n) is 10.8. The first-order chi connectivity index (χ1) is 8.56. The van der Waals surface area contributed by atoms with Crippen LogP contribution in [0.1, 0.15) is 23.3 Å². The molecular weight excluding hydrogens is 230 g/mol. The van der Waals surface area contributed by atoms with E-state index < -0.39 is 0 Å². The Balaban J connectivity index is 2.01. The van der Waals surface area contributed by atoms with Gasteiger partial charge >= 0.3 is 0 Å². The van der Waals surface area contributed by atoms with E-state index in [2.05, 4.69) is 10.3 Å². The molecule has 5 heteroatoms. The highest BCUT2D eigenvalue weighted by Gasteiger charge is 2.41. The number of rotatable bonds is 5. The summed E-state index contributed by atoms with van der Waals surface area (Å²) < 4.78 is 0. The number of carbonyl (C=O) groups is 1. The molecule has 0 radical (unpaired) electrons. The van der Waals surface area contributed by atoms with Gasteiger partial charge in [0.05, 0.1) is 6.61 Å². The summed E-state index contributed by atoms with van der Waals surface area (Å²) in [5.41, 5.74) is 1.35. The van der Waals surface area contributed by atoms with Crippen LogP contribution in [0.2, 0.25) is 0 Å². The molecule has 1 aliphatic rings. The van der Waals surface area contributed by atoms with Crippen LogP contribution in [0.15, 0.2) is 18.3 Å². The second-order valence-electron chi connectivity index (χ2n) is 5.14. The highest BCUT2D eigenvalue weighted by molar-refractivity contribution is 5.92. The Hall–Kier alpha value is -1.62. The largest absolute Gasteiger partial charge is 0.396 e. The molecule has 0 unspecified atom stereocenters. The van der Waals surface area contributed by atoms with E-state index in [4.69, 9.17) is 0 Å². The topological polar surface area (TPSA) is 65.5 Å². The third kappa shape index (κ3) is 2.79. The van der Waals surface area contributed by atoms with Crippen LogP contribution < -0.4 is 5.32 Å². The van der Waals surface area contributed by atoms with E-state index in [0.29, 0.717) is 5.69 Å². The van der Waals surface area contributed by atoms with Gasteiger partial charge in [-0.1, -0.05) is 0 Å². The number of hydrogen-bond donors (Lipinski definition) is 2. The van der Waals surface area contributed by atoms with Crippen LogP contribution >= 0.6 is 0 Å². The summed E-state index contributed by atoms with van der Waals surface area (Å²) in [6.45, 7) is 0.956. The molecule has 2 rings (SSSR count). The van der Waals surface area contributed by atoms with Gasteiger partial charge in [-0.2, -0.15) is 0 Å². The molecule has 0 aliphatic heterocycles. The van der Waals surface area contributed by atoms with E-state index in [1.54, 1.807) is 26.4 Å². The first-order valence-electron chi connectivity index (χ1n) is 6.09. The molecule has 1 amide bonds. The molecule has 0 saturated heterocycles. The van der Waals surface area contributed by atoms with E-state index in [0.717, 1.165) is 25.1 Å². The monoisotopic (exact) mass is 249 g/mol. The molecule has 0 bridgehead atoms. The minimum absolute atomic E-state index is 0.0506. The molecule has 0 spiro atoms. The number of hydrogen-bond acceptors (Lipinski definition) is 4. The lowest BCUT2D eigenvalue weighted by molar-refractivity contribution is 0.0822. The summed E-state index contributed by atoms with van der Waals surface area (Å²) >= 11 is 0. The number of pyridine rings is 1. The van der Waals surface area contributed by atoms with Crippen molar-refractivity contribution < 1.29 is 9.90 Å². The highest BCUT2D eigenvalue weighted by atomic mass is 16.3. The molecule has 1 aromatic rings. The Bertz CT molecular complexity index is 442. The number of nitrogens with zero attached hydrogens (tertiary/aromatic N) is 2. The van der Waals surface area contributed by atoms with Gasteiger partial charge in [0, 0.05) is 37.9 Å². The van der Waals surface area contributed by atoms with Crippen LogP contribution in [-0.4, -0.2) is 48.1 Å². The standard InChI is InChI=1S/C13H19N3O2/c1-16(2)12(18)11-7-10(3-6-14-11)15-8-13(9-17)4-5-13/h3,6-7,17H,4-5,8-9H2,1-2H3,(H,14,15). The first kappa shape index (κ1) is 12.8. The third-order valence-electron chi connectivity index (χ3n) is 3.35. The van der Waals surface area contributed by atoms with Crippen molar-refractivity contribution in [2.45, 2.75) is 12.8 Å². The SMILES string of the molecule is CN(C)C(=O)c1cc(NCC2(CO)CC2)ccn1. The zero-order chi connectivity index (χ0) is 13.2. The van der Waals surface area contributed by atoms with Crippen molar-refractivity contribution in [1.82, 2.24) is 9.88 Å². The Labute approximate surface area is 107 Å². The van der Waals surface area contributed by atoms with Crippen molar-refractivity contribution in [1.29, 1.82) is 0 Å². The lowest BCUT2D eigenvalue weighted by Crippen LogP contribution is -2.23. The van der Waals surface area contributed by atoms with Gasteiger partial charge in [0.15, 0.2) is 0 Å². The molecule has 1 saturated carbocycles. The molecule has 1 aromatic heterocycles. The van der Waals surface area contributed by atoms with Crippen molar-refractivity contribution in [2.24, 2.45) is 5.41 Å². The highest BCUT2D eigenvalue weighted by Crippen LogP contribution is 2.44. The van der Waals surface area contributed by atoms with Gasteiger partial charge < -0.3 is 15.3 Å². The van der Waals surface area contributed by atoms with E-state index in [1.807, 2.05) is 6.07 Å². The van der Waals surface area contributed by atoms with Gasteiger partial charge in [-0.25, -0.2) is 0 Å². The Morgan fingerprint density at radius 2 is 2.28 bits per heavy atom. The molecule has 98 valence electrons. The van der Waals surface area contributed by atoms with Gasteiger partial charge in [0.25, 0.3) is 5.91 Å². The molecule has 18 heavy (non-hydrogen) atoms. The Kier molecular flexibility index (Phi) is 3.52. The number of aliphatic hydroxyl groups is 1. The summed E-state index contributed by atoms with van der Waals surface area (Å²) in [5, 5.41) is 12.5. The van der Waals surface area contributed by atoms with Crippen molar-refractivity contribution in [3.05, 3.63) is 24.0 Å². The third-order valence-corrected chi connectivity index (χ3v) is 3.35. The fraction of sp³-hybridized carbons (Fsp3) is 0.538. The summed E-state index contributed by atoms with van der Waals surface area (Å²) in [6, 6.07) is 3.58. The van der Waals surface area contributed by atoms with Crippen LogP contribution in [0.4, 0.5) is 5.69 Å². The zero-order valence-corrected chi connectivity index (χ0v) is 10.8. The molecule has 0 atom stereocenters. The fourth-order valence-corrected chi connectivity index (χ4v) is 1.74. The Morgan fingerprint density at radius 3 is 2.83 bits per heavy atom. The van der Waals surface area contributed by atoms with Crippen LogP contribution in [0, 0.1) is 5.41 Å². The molecule has 2 N–H and O–H groups in total. The van der Waals surface area contributed by atoms with Gasteiger partial charge in [-0.15, -0.1) is 0 Å². The number of amides is 1. The molecular formula is C13H19N3O2.